The average molecular weight is 340 g/mol. The summed E-state index contributed by atoms with van der Waals surface area (Å²) in [6, 6.07) is 0.237. The number of likely N-dealkylation sites (tertiary alicyclic amines) is 1. The predicted octanol–water partition coefficient (Wildman–Crippen LogP) is 2.83. The molecule has 0 aromatic carbocycles. The summed E-state index contributed by atoms with van der Waals surface area (Å²) in [5.74, 6) is 0.896. The lowest BCUT2D eigenvalue weighted by Crippen LogP contribution is -2.52. The van der Waals surface area contributed by atoms with E-state index in [0.29, 0.717) is 13.1 Å². The molecule has 5 heteroatoms. The molecule has 2 N–H and O–H groups in total. The van der Waals surface area contributed by atoms with Crippen molar-refractivity contribution in [1.82, 2.24) is 15.1 Å². The zero-order valence-corrected chi connectivity index (χ0v) is 15.9. The van der Waals surface area contributed by atoms with Gasteiger partial charge in [0.05, 0.1) is 12.1 Å². The van der Waals surface area contributed by atoms with Gasteiger partial charge in [0.25, 0.3) is 0 Å². The second-order valence-corrected chi connectivity index (χ2v) is 8.36. The third-order valence-corrected chi connectivity index (χ3v) is 5.40. The molecule has 0 radical (unpaired) electrons. The van der Waals surface area contributed by atoms with E-state index in [-0.39, 0.29) is 12.1 Å². The number of hydrogen-bond donors (Lipinski definition) is 2. The summed E-state index contributed by atoms with van der Waals surface area (Å²) in [5, 5.41) is 13.1. The summed E-state index contributed by atoms with van der Waals surface area (Å²) < 4.78 is 0. The van der Waals surface area contributed by atoms with Crippen LogP contribution in [-0.4, -0.2) is 65.3 Å². The molecule has 1 aliphatic heterocycles. The van der Waals surface area contributed by atoms with Crippen molar-refractivity contribution in [2.45, 2.75) is 77.4 Å². The number of amides is 2. The fourth-order valence-electron chi connectivity index (χ4n) is 4.05. The van der Waals surface area contributed by atoms with Gasteiger partial charge in [0.15, 0.2) is 0 Å². The molecule has 0 spiro atoms. The van der Waals surface area contributed by atoms with Crippen molar-refractivity contribution in [2.24, 2.45) is 5.92 Å². The Morgan fingerprint density at radius 3 is 2.33 bits per heavy atom. The summed E-state index contributed by atoms with van der Waals surface area (Å²) in [4.78, 5) is 16.7. The number of hydrogen-bond acceptors (Lipinski definition) is 3. The summed E-state index contributed by atoms with van der Waals surface area (Å²) >= 11 is 0. The largest absolute Gasteiger partial charge is 0.389 e. The van der Waals surface area contributed by atoms with E-state index in [1.165, 1.54) is 38.6 Å². The van der Waals surface area contributed by atoms with Gasteiger partial charge < -0.3 is 20.2 Å². The van der Waals surface area contributed by atoms with Crippen LogP contribution in [0.25, 0.3) is 0 Å². The molecular weight excluding hydrogens is 302 g/mol. The number of nitrogens with zero attached hydrogens (tertiary/aromatic N) is 2. The first-order valence-electron chi connectivity index (χ1n) is 9.87. The van der Waals surface area contributed by atoms with E-state index >= 15 is 0 Å². The number of urea groups is 1. The molecule has 2 rings (SSSR count). The van der Waals surface area contributed by atoms with E-state index < -0.39 is 5.60 Å². The maximum atomic E-state index is 12.4. The first kappa shape index (κ1) is 19.5. The zero-order chi connectivity index (χ0) is 17.6. The summed E-state index contributed by atoms with van der Waals surface area (Å²) in [6.45, 7) is 9.88. The topological polar surface area (TPSA) is 55.8 Å². The van der Waals surface area contributed by atoms with E-state index in [2.05, 4.69) is 10.2 Å². The van der Waals surface area contributed by atoms with Gasteiger partial charge in [-0.25, -0.2) is 4.79 Å². The molecule has 2 aliphatic rings. The molecule has 2 fully saturated rings. The van der Waals surface area contributed by atoms with Gasteiger partial charge in [0, 0.05) is 32.2 Å². The van der Waals surface area contributed by atoms with Crippen molar-refractivity contribution in [1.29, 1.82) is 0 Å². The molecule has 0 unspecified atom stereocenters. The summed E-state index contributed by atoms with van der Waals surface area (Å²) in [5.41, 5.74) is -0.850. The van der Waals surface area contributed by atoms with Gasteiger partial charge in [0.1, 0.15) is 0 Å². The van der Waals surface area contributed by atoms with Crippen LogP contribution in [0, 0.1) is 5.92 Å². The van der Waals surface area contributed by atoms with E-state index in [9.17, 15) is 9.90 Å². The fraction of sp³-hybridized carbons (Fsp3) is 0.947. The minimum Gasteiger partial charge on any atom is -0.389 e. The highest BCUT2D eigenvalue weighted by Gasteiger charge is 2.26. The van der Waals surface area contributed by atoms with E-state index in [0.717, 1.165) is 31.8 Å². The number of nitrogens with one attached hydrogen (secondary N) is 1. The first-order chi connectivity index (χ1) is 11.4. The molecule has 0 aromatic heterocycles. The number of likely N-dealkylation sites (N-methyl/N-ethyl adjacent to an activating group) is 1. The second kappa shape index (κ2) is 9.04. The number of aliphatic hydroxyl groups is 1. The maximum absolute atomic E-state index is 12.4. The van der Waals surface area contributed by atoms with Crippen molar-refractivity contribution in [3.63, 3.8) is 0 Å². The van der Waals surface area contributed by atoms with Gasteiger partial charge >= 0.3 is 6.03 Å². The van der Waals surface area contributed by atoms with E-state index in [4.69, 9.17) is 0 Å². The predicted molar refractivity (Wildman–Crippen MR) is 98.1 cm³/mol. The van der Waals surface area contributed by atoms with Crippen molar-refractivity contribution >= 4 is 6.03 Å². The first-order valence-corrected chi connectivity index (χ1v) is 9.87. The minimum atomic E-state index is -0.850. The van der Waals surface area contributed by atoms with Gasteiger partial charge in [-0.1, -0.05) is 19.3 Å². The molecule has 2 amide bonds. The monoisotopic (exact) mass is 339 g/mol. The van der Waals surface area contributed by atoms with E-state index in [1.807, 2.05) is 6.92 Å². The van der Waals surface area contributed by atoms with Crippen molar-refractivity contribution < 1.29 is 9.90 Å². The molecule has 140 valence electrons. The van der Waals surface area contributed by atoms with Crippen molar-refractivity contribution in [3.05, 3.63) is 0 Å². The van der Waals surface area contributed by atoms with Crippen LogP contribution in [-0.2, 0) is 0 Å². The normalized spacial score (nSPS) is 21.7. The Kier molecular flexibility index (Phi) is 7.35. The van der Waals surface area contributed by atoms with Crippen LogP contribution in [0.1, 0.15) is 65.7 Å². The fourth-order valence-corrected chi connectivity index (χ4v) is 4.05. The Morgan fingerprint density at radius 1 is 1.17 bits per heavy atom. The number of piperidine rings is 1. The SMILES string of the molecule is CCN(CC(C)(C)O)C(=O)NC1CCN(CC2CCCCC2)CC1. The highest BCUT2D eigenvalue weighted by Crippen LogP contribution is 2.25. The standard InChI is InChI=1S/C19H37N3O2/c1-4-22(15-19(2,3)24)18(23)20-17-10-12-21(13-11-17)14-16-8-6-5-7-9-16/h16-17,24H,4-15H2,1-3H3,(H,20,23). The lowest BCUT2D eigenvalue weighted by atomic mass is 9.88. The quantitative estimate of drug-likeness (QED) is 0.782. The molecule has 1 aliphatic carbocycles. The van der Waals surface area contributed by atoms with Crippen LogP contribution in [0.4, 0.5) is 4.79 Å². The van der Waals surface area contributed by atoms with Crippen LogP contribution in [0.2, 0.25) is 0 Å². The Bertz CT molecular complexity index is 381. The van der Waals surface area contributed by atoms with E-state index in [1.54, 1.807) is 18.7 Å². The summed E-state index contributed by atoms with van der Waals surface area (Å²) in [6.07, 6.45) is 9.12. The lowest BCUT2D eigenvalue weighted by Gasteiger charge is -2.36. The minimum absolute atomic E-state index is 0.0367. The Labute approximate surface area is 147 Å². The molecule has 0 bridgehead atoms. The van der Waals surface area contributed by atoms with Crippen molar-refractivity contribution in [3.8, 4) is 0 Å². The third kappa shape index (κ3) is 6.60. The van der Waals surface area contributed by atoms with Gasteiger partial charge in [-0.15, -0.1) is 0 Å². The van der Waals surface area contributed by atoms with Crippen LogP contribution in [0.15, 0.2) is 0 Å². The number of rotatable bonds is 6. The molecule has 1 saturated heterocycles. The third-order valence-electron chi connectivity index (χ3n) is 5.40. The van der Waals surface area contributed by atoms with Gasteiger partial charge in [-0.3, -0.25) is 0 Å². The van der Waals surface area contributed by atoms with Crippen LogP contribution >= 0.6 is 0 Å². The molecular formula is C19H37N3O2. The Morgan fingerprint density at radius 2 is 1.79 bits per heavy atom. The van der Waals surface area contributed by atoms with Gasteiger partial charge in [-0.2, -0.15) is 0 Å². The Balaban J connectivity index is 1.70. The van der Waals surface area contributed by atoms with Crippen molar-refractivity contribution in [2.75, 3.05) is 32.7 Å². The molecule has 0 atom stereocenters. The van der Waals surface area contributed by atoms with Gasteiger partial charge in [0.2, 0.25) is 0 Å². The summed E-state index contributed by atoms with van der Waals surface area (Å²) in [7, 11) is 0. The highest BCUT2D eigenvalue weighted by atomic mass is 16.3. The van der Waals surface area contributed by atoms with Crippen LogP contribution < -0.4 is 5.32 Å². The average Bonchev–Trinajstić information content (AvgIpc) is 2.54. The molecule has 24 heavy (non-hydrogen) atoms. The smallest absolute Gasteiger partial charge is 0.317 e. The molecule has 5 nitrogen and oxygen atoms in total. The van der Waals surface area contributed by atoms with Crippen LogP contribution in [0.3, 0.4) is 0 Å². The van der Waals surface area contributed by atoms with Gasteiger partial charge in [-0.05, 0) is 52.4 Å². The second-order valence-electron chi connectivity index (χ2n) is 8.36. The number of carbonyl (C=O) groups is 1. The maximum Gasteiger partial charge on any atom is 0.317 e. The molecule has 1 saturated carbocycles. The lowest BCUT2D eigenvalue weighted by molar-refractivity contribution is 0.0469. The zero-order valence-electron chi connectivity index (χ0n) is 15.9. The molecule has 0 aromatic rings. The highest BCUT2D eigenvalue weighted by molar-refractivity contribution is 5.74. The molecule has 1 heterocycles. The van der Waals surface area contributed by atoms with Crippen LogP contribution in [0.5, 0.6) is 0 Å². The number of carbonyl (C=O) groups excluding carboxylic acids is 1. The Hall–Kier alpha value is -0.810.